The van der Waals surface area contributed by atoms with E-state index in [4.69, 9.17) is 4.74 Å². The Kier molecular flexibility index (Phi) is 3.79. The molecule has 1 amide bonds. The summed E-state index contributed by atoms with van der Waals surface area (Å²) in [5, 5.41) is 0. The zero-order valence-corrected chi connectivity index (χ0v) is 11.0. The maximum atomic E-state index is 13.8. The second kappa shape index (κ2) is 5.14. The molecule has 1 aromatic rings. The van der Waals surface area contributed by atoms with Crippen LogP contribution in [0.15, 0.2) is 22.7 Å². The molecule has 0 spiro atoms. The Hall–Kier alpha value is -0.940. The fraction of sp³-hybridized carbons (Fsp3) is 0.417. The van der Waals surface area contributed by atoms with Gasteiger partial charge in [0.25, 0.3) is 5.91 Å². The summed E-state index contributed by atoms with van der Waals surface area (Å²) in [4.78, 5) is 13.8. The molecule has 0 saturated carbocycles. The summed E-state index contributed by atoms with van der Waals surface area (Å²) < 4.78 is 19.4. The van der Waals surface area contributed by atoms with Crippen molar-refractivity contribution >= 4 is 21.8 Å². The van der Waals surface area contributed by atoms with Crippen LogP contribution in [0.4, 0.5) is 4.39 Å². The maximum Gasteiger partial charge on any atom is 0.257 e. The quantitative estimate of drug-likeness (QED) is 0.797. The summed E-state index contributed by atoms with van der Waals surface area (Å²) in [6, 6.07) is 4.72. The number of ether oxygens (including phenoxy) is 1. The Morgan fingerprint density at radius 2 is 2.35 bits per heavy atom. The normalized spacial score (nSPS) is 20.4. The first-order chi connectivity index (χ1) is 8.11. The monoisotopic (exact) mass is 301 g/mol. The number of amides is 1. The van der Waals surface area contributed by atoms with Gasteiger partial charge in [-0.15, -0.1) is 0 Å². The van der Waals surface area contributed by atoms with Gasteiger partial charge in [-0.1, -0.05) is 6.07 Å². The first-order valence-corrected chi connectivity index (χ1v) is 6.23. The molecule has 1 atom stereocenters. The molecular weight excluding hydrogens is 289 g/mol. The lowest BCUT2D eigenvalue weighted by Crippen LogP contribution is -2.47. The molecule has 1 fully saturated rings. The Morgan fingerprint density at radius 3 is 3.06 bits per heavy atom. The van der Waals surface area contributed by atoms with Gasteiger partial charge in [-0.3, -0.25) is 4.79 Å². The number of carbonyl (C=O) groups excluding carboxylic acids is 1. The van der Waals surface area contributed by atoms with Crippen LogP contribution < -0.4 is 0 Å². The molecule has 1 unspecified atom stereocenters. The molecule has 1 heterocycles. The van der Waals surface area contributed by atoms with Gasteiger partial charge in [0, 0.05) is 6.54 Å². The van der Waals surface area contributed by atoms with Crippen molar-refractivity contribution < 1.29 is 13.9 Å². The highest BCUT2D eigenvalue weighted by molar-refractivity contribution is 9.10. The average molecular weight is 302 g/mol. The van der Waals surface area contributed by atoms with Crippen molar-refractivity contribution in [3.8, 4) is 0 Å². The van der Waals surface area contributed by atoms with Crippen LogP contribution in [0.3, 0.4) is 0 Å². The summed E-state index contributed by atoms with van der Waals surface area (Å²) in [5.74, 6) is -0.782. The van der Waals surface area contributed by atoms with Gasteiger partial charge in [-0.25, -0.2) is 4.39 Å². The second-order valence-corrected chi connectivity index (χ2v) is 4.88. The van der Waals surface area contributed by atoms with Crippen LogP contribution >= 0.6 is 15.9 Å². The largest absolute Gasteiger partial charge is 0.377 e. The van der Waals surface area contributed by atoms with E-state index in [0.29, 0.717) is 24.2 Å². The third kappa shape index (κ3) is 2.50. The number of halogens is 2. The lowest BCUT2D eigenvalue weighted by Gasteiger charge is -2.33. The minimum absolute atomic E-state index is 0.0189. The molecule has 5 heteroatoms. The van der Waals surface area contributed by atoms with Crippen molar-refractivity contribution in [3.05, 3.63) is 34.1 Å². The third-order valence-electron chi connectivity index (χ3n) is 2.81. The number of carbonyl (C=O) groups is 1. The second-order valence-electron chi connectivity index (χ2n) is 4.02. The number of rotatable bonds is 1. The van der Waals surface area contributed by atoms with E-state index < -0.39 is 5.82 Å². The highest BCUT2D eigenvalue weighted by Gasteiger charge is 2.26. The smallest absolute Gasteiger partial charge is 0.257 e. The molecule has 0 aromatic heterocycles. The topological polar surface area (TPSA) is 29.5 Å². The van der Waals surface area contributed by atoms with Crippen LogP contribution in [0, 0.1) is 5.82 Å². The Morgan fingerprint density at radius 1 is 1.59 bits per heavy atom. The van der Waals surface area contributed by atoms with Crippen molar-refractivity contribution in [2.45, 2.75) is 13.0 Å². The highest BCUT2D eigenvalue weighted by atomic mass is 79.9. The first-order valence-electron chi connectivity index (χ1n) is 5.44. The molecule has 0 N–H and O–H groups in total. The summed E-state index contributed by atoms with van der Waals surface area (Å²) in [5.41, 5.74) is 0.105. The van der Waals surface area contributed by atoms with Crippen molar-refractivity contribution in [2.75, 3.05) is 19.8 Å². The maximum absolute atomic E-state index is 13.8. The number of hydrogen-bond acceptors (Lipinski definition) is 2. The Labute approximate surface area is 108 Å². The Bertz CT molecular complexity index is 439. The third-order valence-corrected chi connectivity index (χ3v) is 3.42. The number of morpholine rings is 1. The van der Waals surface area contributed by atoms with Crippen LogP contribution in [0.1, 0.15) is 17.3 Å². The van der Waals surface area contributed by atoms with Crippen LogP contribution in [0.2, 0.25) is 0 Å². The average Bonchev–Trinajstić information content (AvgIpc) is 2.32. The van der Waals surface area contributed by atoms with Gasteiger partial charge in [0.15, 0.2) is 0 Å². The molecule has 17 heavy (non-hydrogen) atoms. The Balaban J connectivity index is 2.27. The van der Waals surface area contributed by atoms with Crippen molar-refractivity contribution in [3.63, 3.8) is 0 Å². The standard InChI is InChI=1S/C12H13BrFNO2/c1-8-7-17-6-5-15(8)12(16)9-3-2-4-10(13)11(9)14/h2-4,8H,5-7H2,1H3. The van der Waals surface area contributed by atoms with Crippen LogP contribution in [-0.2, 0) is 4.74 Å². The molecule has 3 nitrogen and oxygen atoms in total. The highest BCUT2D eigenvalue weighted by Crippen LogP contribution is 2.21. The van der Waals surface area contributed by atoms with Crippen molar-refractivity contribution in [2.24, 2.45) is 0 Å². The van der Waals surface area contributed by atoms with Crippen LogP contribution in [0.25, 0.3) is 0 Å². The lowest BCUT2D eigenvalue weighted by atomic mass is 10.1. The predicted molar refractivity (Wildman–Crippen MR) is 65.4 cm³/mol. The van der Waals surface area contributed by atoms with E-state index in [1.165, 1.54) is 6.07 Å². The summed E-state index contributed by atoms with van der Waals surface area (Å²) >= 11 is 3.08. The van der Waals surface area contributed by atoms with Crippen LogP contribution in [-0.4, -0.2) is 36.6 Å². The van der Waals surface area contributed by atoms with Gasteiger partial charge in [-0.05, 0) is 35.0 Å². The minimum atomic E-state index is -0.504. The molecule has 92 valence electrons. The van der Waals surface area contributed by atoms with Gasteiger partial charge in [0.05, 0.1) is 29.3 Å². The van der Waals surface area contributed by atoms with Gasteiger partial charge < -0.3 is 9.64 Å². The molecule has 2 rings (SSSR count). The molecular formula is C12H13BrFNO2. The SMILES string of the molecule is CC1COCCN1C(=O)c1cccc(Br)c1F. The summed E-state index contributed by atoms with van der Waals surface area (Å²) in [6.07, 6.45) is 0. The van der Waals surface area contributed by atoms with Gasteiger partial charge in [-0.2, -0.15) is 0 Å². The molecule has 1 aliphatic heterocycles. The van der Waals surface area contributed by atoms with E-state index in [9.17, 15) is 9.18 Å². The lowest BCUT2D eigenvalue weighted by molar-refractivity contribution is 0.00334. The van der Waals surface area contributed by atoms with Gasteiger partial charge >= 0.3 is 0 Å². The molecule has 1 saturated heterocycles. The van der Waals surface area contributed by atoms with Crippen molar-refractivity contribution in [1.29, 1.82) is 0 Å². The molecule has 0 radical (unpaired) electrons. The zero-order chi connectivity index (χ0) is 12.4. The first kappa shape index (κ1) is 12.5. The van der Waals surface area contributed by atoms with E-state index >= 15 is 0 Å². The van der Waals surface area contributed by atoms with Gasteiger partial charge in [0.1, 0.15) is 5.82 Å². The molecule has 1 aromatic carbocycles. The predicted octanol–water partition coefficient (Wildman–Crippen LogP) is 2.45. The molecule has 1 aliphatic rings. The number of nitrogens with zero attached hydrogens (tertiary/aromatic N) is 1. The van der Waals surface area contributed by atoms with E-state index in [1.807, 2.05) is 6.92 Å². The fourth-order valence-corrected chi connectivity index (χ4v) is 2.22. The van der Waals surface area contributed by atoms with Crippen molar-refractivity contribution in [1.82, 2.24) is 4.90 Å². The summed E-state index contributed by atoms with van der Waals surface area (Å²) in [6.45, 7) is 3.41. The van der Waals surface area contributed by atoms with Crippen LogP contribution in [0.5, 0.6) is 0 Å². The van der Waals surface area contributed by atoms with E-state index in [0.717, 1.165) is 0 Å². The fourth-order valence-electron chi connectivity index (χ4n) is 1.85. The van der Waals surface area contributed by atoms with E-state index in [2.05, 4.69) is 15.9 Å². The van der Waals surface area contributed by atoms with E-state index in [-0.39, 0.29) is 17.5 Å². The van der Waals surface area contributed by atoms with Gasteiger partial charge in [0.2, 0.25) is 0 Å². The number of hydrogen-bond donors (Lipinski definition) is 0. The van der Waals surface area contributed by atoms with E-state index in [1.54, 1.807) is 17.0 Å². The molecule has 0 bridgehead atoms. The molecule has 0 aliphatic carbocycles. The number of benzene rings is 1. The zero-order valence-electron chi connectivity index (χ0n) is 9.45. The summed E-state index contributed by atoms with van der Waals surface area (Å²) in [7, 11) is 0. The minimum Gasteiger partial charge on any atom is -0.377 e.